The molecule has 0 saturated heterocycles. The van der Waals surface area contributed by atoms with Crippen LogP contribution < -0.4 is 4.74 Å². The second-order valence-electron chi connectivity index (χ2n) is 4.58. The van der Waals surface area contributed by atoms with Crippen LogP contribution in [0.2, 0.25) is 0 Å². The van der Waals surface area contributed by atoms with E-state index >= 15 is 0 Å². The summed E-state index contributed by atoms with van der Waals surface area (Å²) in [6.07, 6.45) is 3.37. The van der Waals surface area contributed by atoms with E-state index in [1.54, 1.807) is 10.7 Å². The molecule has 0 bridgehead atoms. The average Bonchev–Trinajstić information content (AvgIpc) is 3.13. The first-order valence-corrected chi connectivity index (χ1v) is 5.82. The molecule has 1 saturated carbocycles. The Morgan fingerprint density at radius 2 is 2.35 bits per heavy atom. The molecule has 4 heteroatoms. The zero-order valence-electron chi connectivity index (χ0n) is 9.72. The van der Waals surface area contributed by atoms with Crippen LogP contribution in [0.5, 0.6) is 5.88 Å². The molecule has 1 aliphatic carbocycles. The molecule has 4 nitrogen and oxygen atoms in total. The average molecular weight is 230 g/mol. The predicted molar refractivity (Wildman–Crippen MR) is 64.3 cm³/mol. The lowest BCUT2D eigenvalue weighted by Crippen LogP contribution is -2.00. The zero-order chi connectivity index (χ0) is 11.8. The van der Waals surface area contributed by atoms with E-state index < -0.39 is 0 Å². The highest BCUT2D eigenvalue weighted by Gasteiger charge is 2.23. The Hall–Kier alpha value is -1.84. The van der Waals surface area contributed by atoms with Crippen molar-refractivity contribution in [2.45, 2.75) is 12.8 Å². The summed E-state index contributed by atoms with van der Waals surface area (Å²) >= 11 is 0. The molecule has 1 aromatic heterocycles. The van der Waals surface area contributed by atoms with Crippen molar-refractivity contribution >= 4 is 17.2 Å². The SMILES string of the molecule is Cn1nc(OCC2CC2)c2ccc(C=O)cc21. The molecule has 2 aromatic rings. The summed E-state index contributed by atoms with van der Waals surface area (Å²) in [5, 5.41) is 5.31. The van der Waals surface area contributed by atoms with Gasteiger partial charge in [-0.2, -0.15) is 0 Å². The fourth-order valence-corrected chi connectivity index (χ4v) is 1.90. The van der Waals surface area contributed by atoms with Gasteiger partial charge in [0.05, 0.1) is 17.5 Å². The van der Waals surface area contributed by atoms with Gasteiger partial charge in [0.1, 0.15) is 6.29 Å². The van der Waals surface area contributed by atoms with Crippen molar-refractivity contribution in [1.29, 1.82) is 0 Å². The van der Waals surface area contributed by atoms with E-state index in [0.29, 0.717) is 17.4 Å². The second-order valence-corrected chi connectivity index (χ2v) is 4.58. The Kier molecular flexibility index (Phi) is 2.35. The van der Waals surface area contributed by atoms with Crippen LogP contribution in [0.4, 0.5) is 0 Å². The largest absolute Gasteiger partial charge is 0.476 e. The molecule has 0 aliphatic heterocycles. The number of fused-ring (bicyclic) bond motifs is 1. The number of carbonyl (C=O) groups excluding carboxylic acids is 1. The number of benzene rings is 1. The van der Waals surface area contributed by atoms with Gasteiger partial charge in [0.2, 0.25) is 5.88 Å². The normalized spacial score (nSPS) is 15.1. The molecular formula is C13H14N2O2. The van der Waals surface area contributed by atoms with E-state index in [1.807, 2.05) is 19.2 Å². The van der Waals surface area contributed by atoms with E-state index in [9.17, 15) is 4.79 Å². The summed E-state index contributed by atoms with van der Waals surface area (Å²) in [5.74, 6) is 1.38. The molecule has 0 radical (unpaired) electrons. The third kappa shape index (κ3) is 1.90. The molecule has 17 heavy (non-hydrogen) atoms. The number of aromatic nitrogens is 2. The number of ether oxygens (including phenoxy) is 1. The molecule has 0 amide bonds. The van der Waals surface area contributed by atoms with Crippen LogP contribution in [0.3, 0.4) is 0 Å². The maximum absolute atomic E-state index is 10.7. The van der Waals surface area contributed by atoms with E-state index in [4.69, 9.17) is 4.74 Å². The van der Waals surface area contributed by atoms with Crippen molar-refractivity contribution in [2.24, 2.45) is 13.0 Å². The molecule has 1 aliphatic rings. The Bertz CT molecular complexity index is 570. The summed E-state index contributed by atoms with van der Waals surface area (Å²) in [4.78, 5) is 10.7. The van der Waals surface area contributed by atoms with Crippen LogP contribution >= 0.6 is 0 Å². The van der Waals surface area contributed by atoms with Gasteiger partial charge in [0.15, 0.2) is 0 Å². The van der Waals surface area contributed by atoms with Crippen LogP contribution in [-0.4, -0.2) is 22.7 Å². The number of hydrogen-bond acceptors (Lipinski definition) is 3. The van der Waals surface area contributed by atoms with E-state index in [2.05, 4.69) is 5.10 Å². The maximum Gasteiger partial charge on any atom is 0.240 e. The van der Waals surface area contributed by atoms with Crippen LogP contribution in [0.15, 0.2) is 18.2 Å². The molecule has 0 spiro atoms. The first-order chi connectivity index (χ1) is 8.28. The van der Waals surface area contributed by atoms with Crippen molar-refractivity contribution in [1.82, 2.24) is 9.78 Å². The lowest BCUT2D eigenvalue weighted by molar-refractivity contribution is 0.112. The van der Waals surface area contributed by atoms with Crippen LogP contribution in [-0.2, 0) is 7.05 Å². The molecular weight excluding hydrogens is 216 g/mol. The maximum atomic E-state index is 10.7. The minimum Gasteiger partial charge on any atom is -0.476 e. The minimum atomic E-state index is 0.661. The first-order valence-electron chi connectivity index (χ1n) is 5.82. The summed E-state index contributed by atoms with van der Waals surface area (Å²) in [6.45, 7) is 0.752. The highest BCUT2D eigenvalue weighted by Crippen LogP contribution is 2.31. The van der Waals surface area contributed by atoms with Gasteiger partial charge in [0.25, 0.3) is 0 Å². The van der Waals surface area contributed by atoms with E-state index in [-0.39, 0.29) is 0 Å². The third-order valence-electron chi connectivity index (χ3n) is 3.13. The Morgan fingerprint density at radius 1 is 1.53 bits per heavy atom. The van der Waals surface area contributed by atoms with Gasteiger partial charge in [0, 0.05) is 12.6 Å². The number of rotatable bonds is 4. The topological polar surface area (TPSA) is 44.1 Å². The number of carbonyl (C=O) groups is 1. The van der Waals surface area contributed by atoms with Crippen molar-refractivity contribution < 1.29 is 9.53 Å². The Labute approximate surface area is 99.2 Å². The number of hydrogen-bond donors (Lipinski definition) is 0. The summed E-state index contributed by atoms with van der Waals surface area (Å²) in [6, 6.07) is 5.52. The summed E-state index contributed by atoms with van der Waals surface area (Å²) in [5.41, 5.74) is 1.59. The molecule has 1 aromatic carbocycles. The van der Waals surface area contributed by atoms with Crippen LogP contribution in [0, 0.1) is 5.92 Å². The van der Waals surface area contributed by atoms with Gasteiger partial charge in [-0.3, -0.25) is 9.48 Å². The van der Waals surface area contributed by atoms with Crippen molar-refractivity contribution in [3.8, 4) is 5.88 Å². The van der Waals surface area contributed by atoms with Crippen molar-refractivity contribution in [3.63, 3.8) is 0 Å². The Morgan fingerprint density at radius 3 is 3.06 bits per heavy atom. The van der Waals surface area contributed by atoms with Gasteiger partial charge in [-0.05, 0) is 30.9 Å². The van der Waals surface area contributed by atoms with Crippen molar-refractivity contribution in [2.75, 3.05) is 6.61 Å². The molecule has 88 valence electrons. The summed E-state index contributed by atoms with van der Waals surface area (Å²) < 4.78 is 7.47. The fraction of sp³-hybridized carbons (Fsp3) is 0.385. The standard InChI is InChI=1S/C13H14N2O2/c1-15-12-6-10(7-16)4-5-11(12)13(14-15)17-8-9-2-3-9/h4-7,9H,2-3,8H2,1H3. The molecule has 1 fully saturated rings. The lowest BCUT2D eigenvalue weighted by atomic mass is 10.2. The highest BCUT2D eigenvalue weighted by molar-refractivity contribution is 5.90. The Balaban J connectivity index is 1.97. The van der Waals surface area contributed by atoms with Gasteiger partial charge < -0.3 is 4.74 Å². The molecule has 0 unspecified atom stereocenters. The first kappa shape index (κ1) is 10.3. The van der Waals surface area contributed by atoms with E-state index in [0.717, 1.165) is 23.8 Å². The number of aldehydes is 1. The number of aryl methyl sites for hydroxylation is 1. The highest BCUT2D eigenvalue weighted by atomic mass is 16.5. The van der Waals surface area contributed by atoms with E-state index in [1.165, 1.54) is 12.8 Å². The quantitative estimate of drug-likeness (QED) is 0.756. The second kappa shape index (κ2) is 3.87. The van der Waals surface area contributed by atoms with Crippen LogP contribution in [0.25, 0.3) is 10.9 Å². The fourth-order valence-electron chi connectivity index (χ4n) is 1.90. The van der Waals surface area contributed by atoms with Gasteiger partial charge >= 0.3 is 0 Å². The van der Waals surface area contributed by atoms with Crippen molar-refractivity contribution in [3.05, 3.63) is 23.8 Å². The lowest BCUT2D eigenvalue weighted by Gasteiger charge is -2.00. The predicted octanol–water partition coefficient (Wildman–Crippen LogP) is 2.17. The third-order valence-corrected chi connectivity index (χ3v) is 3.13. The molecule has 0 atom stereocenters. The summed E-state index contributed by atoms with van der Waals surface area (Å²) in [7, 11) is 1.86. The smallest absolute Gasteiger partial charge is 0.240 e. The number of nitrogens with zero attached hydrogens (tertiary/aromatic N) is 2. The molecule has 0 N–H and O–H groups in total. The van der Waals surface area contributed by atoms with Gasteiger partial charge in [-0.25, -0.2) is 0 Å². The molecule has 1 heterocycles. The molecule has 3 rings (SSSR count). The van der Waals surface area contributed by atoms with Crippen LogP contribution in [0.1, 0.15) is 23.2 Å². The van der Waals surface area contributed by atoms with Gasteiger partial charge in [-0.15, -0.1) is 5.10 Å². The van der Waals surface area contributed by atoms with Gasteiger partial charge in [-0.1, -0.05) is 6.07 Å². The monoisotopic (exact) mass is 230 g/mol. The zero-order valence-corrected chi connectivity index (χ0v) is 9.72. The minimum absolute atomic E-state index is 0.661.